The first-order valence-corrected chi connectivity index (χ1v) is 10.8. The van der Waals surface area contributed by atoms with Crippen molar-refractivity contribution in [1.29, 1.82) is 0 Å². The standard InChI is InChI=1S/C23H25F3N2O2S/c1-5-7-20(29)21(2,3)19-13-17(27-28-19)18-14-22(4,10-11-30-18)31-16-9-6-8-15(12-16)23(24,25)26/h1,6,8-9,12-13,18H,7,10-11,14H2,2-4H3,(H,27,28). The predicted molar refractivity (Wildman–Crippen MR) is 114 cm³/mol. The van der Waals surface area contributed by atoms with Gasteiger partial charge in [-0.3, -0.25) is 9.89 Å². The smallest absolute Gasteiger partial charge is 0.372 e. The Morgan fingerprint density at radius 3 is 2.81 bits per heavy atom. The summed E-state index contributed by atoms with van der Waals surface area (Å²) >= 11 is 1.43. The number of hydrogen-bond acceptors (Lipinski definition) is 4. The fourth-order valence-corrected chi connectivity index (χ4v) is 4.88. The van der Waals surface area contributed by atoms with Gasteiger partial charge in [-0.25, -0.2) is 0 Å². The average molecular weight is 451 g/mol. The molecule has 8 heteroatoms. The molecule has 1 aliphatic rings. The van der Waals surface area contributed by atoms with Crippen LogP contribution in [0.25, 0.3) is 0 Å². The Labute approximate surface area is 184 Å². The predicted octanol–water partition coefficient (Wildman–Crippen LogP) is 5.70. The lowest BCUT2D eigenvalue weighted by atomic mass is 9.83. The number of ketones is 1. The maximum absolute atomic E-state index is 13.1. The van der Waals surface area contributed by atoms with Crippen LogP contribution in [0.5, 0.6) is 0 Å². The summed E-state index contributed by atoms with van der Waals surface area (Å²) in [5.74, 6) is 2.28. The number of thioether (sulfide) groups is 1. The zero-order chi connectivity index (χ0) is 22.9. The summed E-state index contributed by atoms with van der Waals surface area (Å²) in [6.07, 6.45) is 1.93. The summed E-state index contributed by atoms with van der Waals surface area (Å²) < 4.78 is 44.8. The van der Waals surface area contributed by atoms with Gasteiger partial charge in [0.05, 0.1) is 28.8 Å². The van der Waals surface area contributed by atoms with Gasteiger partial charge in [-0.2, -0.15) is 18.3 Å². The molecule has 0 aliphatic carbocycles. The highest BCUT2D eigenvalue weighted by atomic mass is 32.2. The molecule has 0 saturated carbocycles. The number of carbonyl (C=O) groups excluding carboxylic acids is 1. The average Bonchev–Trinajstić information content (AvgIpc) is 3.18. The van der Waals surface area contributed by atoms with Gasteiger partial charge in [-0.05, 0) is 57.9 Å². The van der Waals surface area contributed by atoms with Crippen LogP contribution in [0.15, 0.2) is 35.2 Å². The molecule has 3 rings (SSSR count). The number of rotatable bonds is 6. The van der Waals surface area contributed by atoms with Crippen molar-refractivity contribution in [1.82, 2.24) is 10.2 Å². The van der Waals surface area contributed by atoms with Crippen LogP contribution >= 0.6 is 11.8 Å². The summed E-state index contributed by atoms with van der Waals surface area (Å²) in [7, 11) is 0. The van der Waals surface area contributed by atoms with Crippen LogP contribution < -0.4 is 0 Å². The number of nitrogens with one attached hydrogen (secondary N) is 1. The number of benzene rings is 1. The molecule has 166 valence electrons. The van der Waals surface area contributed by atoms with E-state index < -0.39 is 17.2 Å². The van der Waals surface area contributed by atoms with Gasteiger partial charge < -0.3 is 4.74 Å². The molecule has 0 spiro atoms. The molecule has 2 unspecified atom stereocenters. The number of ether oxygens (including phenoxy) is 1. The fraction of sp³-hybridized carbons (Fsp3) is 0.478. The molecule has 2 heterocycles. The Bertz CT molecular complexity index is 993. The minimum atomic E-state index is -4.37. The van der Waals surface area contributed by atoms with E-state index in [0.717, 1.165) is 11.8 Å². The van der Waals surface area contributed by atoms with Crippen molar-refractivity contribution in [2.45, 2.75) is 67.4 Å². The zero-order valence-corrected chi connectivity index (χ0v) is 18.5. The summed E-state index contributed by atoms with van der Waals surface area (Å²) in [6, 6.07) is 7.22. The minimum absolute atomic E-state index is 0.0286. The van der Waals surface area contributed by atoms with Gasteiger partial charge in [0, 0.05) is 16.2 Å². The van der Waals surface area contributed by atoms with E-state index in [4.69, 9.17) is 11.2 Å². The molecule has 1 aliphatic heterocycles. The van der Waals surface area contributed by atoms with Crippen LogP contribution in [0.1, 0.15) is 63.1 Å². The number of H-pyrrole nitrogens is 1. The van der Waals surface area contributed by atoms with Gasteiger partial charge in [-0.1, -0.05) is 12.0 Å². The first-order valence-electron chi connectivity index (χ1n) is 9.95. The summed E-state index contributed by atoms with van der Waals surface area (Å²) in [4.78, 5) is 12.9. The summed E-state index contributed by atoms with van der Waals surface area (Å²) in [6.45, 7) is 6.07. The molecule has 2 aromatic rings. The Hall–Kier alpha value is -2.24. The van der Waals surface area contributed by atoms with E-state index in [-0.39, 0.29) is 23.1 Å². The van der Waals surface area contributed by atoms with Crippen LogP contribution in [0.3, 0.4) is 0 Å². The topological polar surface area (TPSA) is 55.0 Å². The third-order valence-corrected chi connectivity index (χ3v) is 6.99. The fourth-order valence-electron chi connectivity index (χ4n) is 3.56. The molecule has 0 bridgehead atoms. The minimum Gasteiger partial charge on any atom is -0.372 e. The Morgan fingerprint density at radius 1 is 1.39 bits per heavy atom. The van der Waals surface area contributed by atoms with Gasteiger partial charge >= 0.3 is 6.18 Å². The van der Waals surface area contributed by atoms with E-state index in [2.05, 4.69) is 16.1 Å². The second-order valence-corrected chi connectivity index (χ2v) is 10.2. The van der Waals surface area contributed by atoms with Crippen LogP contribution in [0, 0.1) is 12.3 Å². The molecule has 2 atom stereocenters. The molecule has 4 nitrogen and oxygen atoms in total. The summed E-state index contributed by atoms with van der Waals surface area (Å²) in [5, 5.41) is 7.28. The van der Waals surface area contributed by atoms with Crippen molar-refractivity contribution >= 4 is 17.5 Å². The largest absolute Gasteiger partial charge is 0.416 e. The van der Waals surface area contributed by atoms with Gasteiger partial charge in [-0.15, -0.1) is 18.2 Å². The number of carbonyl (C=O) groups is 1. The van der Waals surface area contributed by atoms with Crippen LogP contribution in [0.2, 0.25) is 0 Å². The number of alkyl halides is 3. The third kappa shape index (κ3) is 5.34. The van der Waals surface area contributed by atoms with Crippen molar-refractivity contribution in [3.63, 3.8) is 0 Å². The van der Waals surface area contributed by atoms with Crippen molar-refractivity contribution < 1.29 is 22.7 Å². The molecule has 0 amide bonds. The number of nitrogens with zero attached hydrogens (tertiary/aromatic N) is 1. The highest BCUT2D eigenvalue weighted by Gasteiger charge is 2.38. The van der Waals surface area contributed by atoms with Crippen LogP contribution in [-0.4, -0.2) is 27.3 Å². The van der Waals surface area contributed by atoms with E-state index in [0.29, 0.717) is 30.0 Å². The first-order chi connectivity index (χ1) is 14.4. The maximum Gasteiger partial charge on any atom is 0.416 e. The quantitative estimate of drug-likeness (QED) is 0.574. The lowest BCUT2D eigenvalue weighted by Gasteiger charge is -2.37. The second-order valence-electron chi connectivity index (χ2n) is 8.53. The number of Topliss-reactive ketones (excluding diaryl/α,β-unsaturated/α-hetero) is 1. The van der Waals surface area contributed by atoms with Gasteiger partial charge in [0.15, 0.2) is 5.78 Å². The number of aromatic amines is 1. The highest BCUT2D eigenvalue weighted by molar-refractivity contribution is 8.00. The number of aromatic nitrogens is 2. The molecule has 1 fully saturated rings. The highest BCUT2D eigenvalue weighted by Crippen LogP contribution is 2.46. The van der Waals surface area contributed by atoms with Crippen molar-refractivity contribution in [3.8, 4) is 12.3 Å². The lowest BCUT2D eigenvalue weighted by Crippen LogP contribution is -2.32. The van der Waals surface area contributed by atoms with Crippen molar-refractivity contribution in [2.75, 3.05) is 6.61 Å². The molecule has 1 aromatic heterocycles. The van der Waals surface area contributed by atoms with E-state index in [1.165, 1.54) is 23.9 Å². The van der Waals surface area contributed by atoms with E-state index in [1.807, 2.05) is 13.0 Å². The molecule has 1 saturated heterocycles. The number of hydrogen-bond donors (Lipinski definition) is 1. The first kappa shape index (κ1) is 23.4. The van der Waals surface area contributed by atoms with E-state index >= 15 is 0 Å². The van der Waals surface area contributed by atoms with E-state index in [9.17, 15) is 18.0 Å². The monoisotopic (exact) mass is 450 g/mol. The summed E-state index contributed by atoms with van der Waals surface area (Å²) in [5.41, 5.74) is -0.149. The van der Waals surface area contributed by atoms with E-state index in [1.54, 1.807) is 19.9 Å². The normalized spacial score (nSPS) is 22.2. The zero-order valence-electron chi connectivity index (χ0n) is 17.7. The third-order valence-electron chi connectivity index (χ3n) is 5.64. The number of halogens is 3. The number of terminal acetylenes is 1. The van der Waals surface area contributed by atoms with Crippen LogP contribution in [0.4, 0.5) is 13.2 Å². The van der Waals surface area contributed by atoms with Crippen LogP contribution in [-0.2, 0) is 21.1 Å². The molecule has 1 aromatic carbocycles. The molecular weight excluding hydrogens is 425 g/mol. The molecule has 1 N–H and O–H groups in total. The second kappa shape index (κ2) is 8.71. The van der Waals surface area contributed by atoms with Crippen molar-refractivity contribution in [2.24, 2.45) is 0 Å². The Balaban J connectivity index is 1.76. The molecule has 31 heavy (non-hydrogen) atoms. The van der Waals surface area contributed by atoms with Crippen molar-refractivity contribution in [3.05, 3.63) is 47.3 Å². The molecular formula is C23H25F3N2O2S. The SMILES string of the molecule is C#CCC(=O)C(C)(C)c1cc(C2CC(C)(Sc3cccc(C(F)(F)F)c3)CCO2)[nH]n1. The Morgan fingerprint density at radius 2 is 2.13 bits per heavy atom. The van der Waals surface area contributed by atoms with Gasteiger partial charge in [0.2, 0.25) is 0 Å². The Kier molecular flexibility index (Phi) is 6.59. The van der Waals surface area contributed by atoms with Gasteiger partial charge in [0.25, 0.3) is 0 Å². The molecule has 0 radical (unpaired) electrons. The maximum atomic E-state index is 13.1. The van der Waals surface area contributed by atoms with Gasteiger partial charge in [0.1, 0.15) is 6.10 Å². The lowest BCUT2D eigenvalue weighted by molar-refractivity contribution is -0.137.